The maximum Gasteiger partial charge on any atom is 0.241 e. The van der Waals surface area contributed by atoms with Gasteiger partial charge < -0.3 is 5.73 Å². The highest BCUT2D eigenvalue weighted by molar-refractivity contribution is 6.32. The van der Waals surface area contributed by atoms with Crippen LogP contribution < -0.4 is 5.73 Å². The standard InChI is InChI=1S/C9H7ClFNO/c10-8-5-7(11)3-1-6(8)2-4-9(12)13/h1-5H,(H2,12,13)/b4-2+. The van der Waals surface area contributed by atoms with E-state index in [-0.39, 0.29) is 5.02 Å². The summed E-state index contributed by atoms with van der Waals surface area (Å²) in [6.07, 6.45) is 2.60. The number of halogens is 2. The summed E-state index contributed by atoms with van der Waals surface area (Å²) in [4.78, 5) is 10.4. The summed E-state index contributed by atoms with van der Waals surface area (Å²) in [5, 5.41) is 0.248. The number of benzene rings is 1. The zero-order valence-electron chi connectivity index (χ0n) is 6.63. The highest BCUT2D eigenvalue weighted by Gasteiger charge is 1.98. The predicted molar refractivity (Wildman–Crippen MR) is 49.6 cm³/mol. The first-order valence-electron chi connectivity index (χ1n) is 3.52. The molecular weight excluding hydrogens is 193 g/mol. The molecule has 68 valence electrons. The van der Waals surface area contributed by atoms with Crippen LogP contribution in [-0.4, -0.2) is 5.91 Å². The topological polar surface area (TPSA) is 43.1 Å². The monoisotopic (exact) mass is 199 g/mol. The smallest absolute Gasteiger partial charge is 0.241 e. The van der Waals surface area contributed by atoms with Crippen LogP contribution >= 0.6 is 11.6 Å². The van der Waals surface area contributed by atoms with Gasteiger partial charge in [-0.15, -0.1) is 0 Å². The maximum atomic E-state index is 12.5. The van der Waals surface area contributed by atoms with E-state index >= 15 is 0 Å². The highest BCUT2D eigenvalue weighted by Crippen LogP contribution is 2.18. The van der Waals surface area contributed by atoms with E-state index in [0.29, 0.717) is 5.56 Å². The van der Waals surface area contributed by atoms with Crippen molar-refractivity contribution < 1.29 is 9.18 Å². The van der Waals surface area contributed by atoms with E-state index in [9.17, 15) is 9.18 Å². The van der Waals surface area contributed by atoms with Gasteiger partial charge in [0.05, 0.1) is 5.02 Å². The lowest BCUT2D eigenvalue weighted by molar-refractivity contribution is -0.113. The average molecular weight is 200 g/mol. The van der Waals surface area contributed by atoms with Crippen molar-refractivity contribution in [3.63, 3.8) is 0 Å². The molecule has 1 aromatic carbocycles. The Hall–Kier alpha value is -1.35. The van der Waals surface area contributed by atoms with Crippen LogP contribution in [0.1, 0.15) is 5.56 Å². The Kier molecular flexibility index (Phi) is 3.03. The number of hydrogen-bond donors (Lipinski definition) is 1. The molecule has 0 aliphatic carbocycles. The third-order valence-corrected chi connectivity index (χ3v) is 1.72. The number of nitrogens with two attached hydrogens (primary N) is 1. The molecule has 13 heavy (non-hydrogen) atoms. The molecule has 0 aliphatic rings. The molecule has 0 atom stereocenters. The van der Waals surface area contributed by atoms with Crippen LogP contribution in [0, 0.1) is 5.82 Å². The second-order valence-electron chi connectivity index (χ2n) is 2.40. The van der Waals surface area contributed by atoms with E-state index in [0.717, 1.165) is 0 Å². The van der Waals surface area contributed by atoms with Crippen molar-refractivity contribution in [3.8, 4) is 0 Å². The Labute approximate surface area is 79.8 Å². The van der Waals surface area contributed by atoms with Crippen LogP contribution in [0.15, 0.2) is 24.3 Å². The SMILES string of the molecule is NC(=O)/C=C/c1ccc(F)cc1Cl. The first kappa shape index (κ1) is 9.74. The van der Waals surface area contributed by atoms with Crippen LogP contribution in [0.5, 0.6) is 0 Å². The quantitative estimate of drug-likeness (QED) is 0.728. The molecule has 0 aromatic heterocycles. The van der Waals surface area contributed by atoms with Gasteiger partial charge in [-0.1, -0.05) is 17.7 Å². The fraction of sp³-hybridized carbons (Fsp3) is 0. The molecule has 0 heterocycles. The van der Waals surface area contributed by atoms with Crippen LogP contribution in [0.3, 0.4) is 0 Å². The van der Waals surface area contributed by atoms with Gasteiger partial charge in [0.2, 0.25) is 5.91 Å². The van der Waals surface area contributed by atoms with Crippen LogP contribution in [0.4, 0.5) is 4.39 Å². The van der Waals surface area contributed by atoms with E-state index in [4.69, 9.17) is 17.3 Å². The Balaban J connectivity index is 2.96. The minimum Gasteiger partial charge on any atom is -0.366 e. The van der Waals surface area contributed by atoms with Crippen LogP contribution in [0.25, 0.3) is 6.08 Å². The van der Waals surface area contributed by atoms with Gasteiger partial charge in [-0.25, -0.2) is 4.39 Å². The van der Waals surface area contributed by atoms with Gasteiger partial charge in [0.25, 0.3) is 0 Å². The normalized spacial score (nSPS) is 10.6. The molecule has 4 heteroatoms. The summed E-state index contributed by atoms with van der Waals surface area (Å²) >= 11 is 5.67. The van der Waals surface area contributed by atoms with Crippen molar-refractivity contribution >= 4 is 23.6 Å². The van der Waals surface area contributed by atoms with Gasteiger partial charge in [-0.2, -0.15) is 0 Å². The summed E-state index contributed by atoms with van der Waals surface area (Å²) in [6.45, 7) is 0. The molecule has 2 N–H and O–H groups in total. The average Bonchev–Trinajstić information content (AvgIpc) is 2.02. The van der Waals surface area contributed by atoms with Gasteiger partial charge in [0.1, 0.15) is 5.82 Å². The molecule has 0 radical (unpaired) electrons. The molecule has 0 saturated heterocycles. The van der Waals surface area contributed by atoms with Gasteiger partial charge in [0, 0.05) is 6.08 Å². The van der Waals surface area contributed by atoms with Crippen molar-refractivity contribution in [3.05, 3.63) is 40.7 Å². The fourth-order valence-corrected chi connectivity index (χ4v) is 1.04. The zero-order valence-corrected chi connectivity index (χ0v) is 7.38. The minimum atomic E-state index is -0.569. The zero-order chi connectivity index (χ0) is 9.84. The van der Waals surface area contributed by atoms with Crippen molar-refractivity contribution in [2.24, 2.45) is 5.73 Å². The van der Waals surface area contributed by atoms with E-state index in [1.807, 2.05) is 0 Å². The minimum absolute atomic E-state index is 0.248. The number of primary amides is 1. The highest BCUT2D eigenvalue weighted by atomic mass is 35.5. The fourth-order valence-electron chi connectivity index (χ4n) is 0.809. The predicted octanol–water partition coefficient (Wildman–Crippen LogP) is 1.98. The molecule has 0 fully saturated rings. The summed E-state index contributed by atoms with van der Waals surface area (Å²) in [5.41, 5.74) is 5.43. The molecule has 1 rings (SSSR count). The van der Waals surface area contributed by atoms with E-state index < -0.39 is 11.7 Å². The first-order valence-corrected chi connectivity index (χ1v) is 3.90. The summed E-state index contributed by atoms with van der Waals surface area (Å²) in [5.74, 6) is -0.985. The van der Waals surface area contributed by atoms with Gasteiger partial charge in [0.15, 0.2) is 0 Å². The van der Waals surface area contributed by atoms with Crippen molar-refractivity contribution in [1.29, 1.82) is 0 Å². The number of carbonyl (C=O) groups excluding carboxylic acids is 1. The summed E-state index contributed by atoms with van der Waals surface area (Å²) < 4.78 is 12.5. The molecule has 2 nitrogen and oxygen atoms in total. The van der Waals surface area contributed by atoms with Crippen LogP contribution in [-0.2, 0) is 4.79 Å². The van der Waals surface area contributed by atoms with Crippen molar-refractivity contribution in [1.82, 2.24) is 0 Å². The molecular formula is C9H7ClFNO. The molecule has 0 unspecified atom stereocenters. The second kappa shape index (κ2) is 4.05. The maximum absolute atomic E-state index is 12.5. The third-order valence-electron chi connectivity index (χ3n) is 1.39. The van der Waals surface area contributed by atoms with Gasteiger partial charge >= 0.3 is 0 Å². The summed E-state index contributed by atoms with van der Waals surface area (Å²) in [7, 11) is 0. The molecule has 1 aromatic rings. The molecule has 1 amide bonds. The lowest BCUT2D eigenvalue weighted by Gasteiger charge is -1.96. The Morgan fingerprint density at radius 2 is 2.23 bits per heavy atom. The van der Waals surface area contributed by atoms with E-state index in [1.54, 1.807) is 0 Å². The lowest BCUT2D eigenvalue weighted by Crippen LogP contribution is -2.05. The lowest BCUT2D eigenvalue weighted by atomic mass is 10.2. The molecule has 0 saturated carbocycles. The molecule has 0 aliphatic heterocycles. The van der Waals surface area contributed by atoms with E-state index in [2.05, 4.69) is 0 Å². The number of amides is 1. The van der Waals surface area contributed by atoms with Gasteiger partial charge in [-0.3, -0.25) is 4.79 Å². The number of carbonyl (C=O) groups is 1. The summed E-state index contributed by atoms with van der Waals surface area (Å²) in [6, 6.07) is 3.89. The number of rotatable bonds is 2. The first-order chi connectivity index (χ1) is 6.09. The molecule has 0 spiro atoms. The Morgan fingerprint density at radius 3 is 2.77 bits per heavy atom. The Morgan fingerprint density at radius 1 is 1.54 bits per heavy atom. The second-order valence-corrected chi connectivity index (χ2v) is 2.81. The van der Waals surface area contributed by atoms with E-state index in [1.165, 1.54) is 30.4 Å². The largest absolute Gasteiger partial charge is 0.366 e. The number of hydrogen-bond acceptors (Lipinski definition) is 1. The van der Waals surface area contributed by atoms with Crippen molar-refractivity contribution in [2.75, 3.05) is 0 Å². The Bertz CT molecular complexity index is 363. The van der Waals surface area contributed by atoms with Gasteiger partial charge in [-0.05, 0) is 23.8 Å². The van der Waals surface area contributed by atoms with Crippen LogP contribution in [0.2, 0.25) is 5.02 Å². The molecule has 0 bridgehead atoms. The van der Waals surface area contributed by atoms with Crippen molar-refractivity contribution in [2.45, 2.75) is 0 Å². The third kappa shape index (κ3) is 2.87.